The minimum atomic E-state index is -0.422. The minimum Gasteiger partial charge on any atom is -0.508 e. The second-order valence-corrected chi connectivity index (χ2v) is 8.07. The van der Waals surface area contributed by atoms with E-state index >= 15 is 0 Å². The molecule has 3 aromatic rings. The number of phenols is 1. The van der Waals surface area contributed by atoms with E-state index in [1.54, 1.807) is 12.1 Å². The maximum Gasteiger partial charge on any atom is 0.278 e. The van der Waals surface area contributed by atoms with Crippen LogP contribution < -0.4 is 5.32 Å². The number of aromatic hydroxyl groups is 1. The van der Waals surface area contributed by atoms with E-state index in [2.05, 4.69) is 15.3 Å². The molecule has 0 spiro atoms. The number of imide groups is 1. The van der Waals surface area contributed by atoms with Gasteiger partial charge in [0.2, 0.25) is 0 Å². The summed E-state index contributed by atoms with van der Waals surface area (Å²) in [5.74, 6) is -0.714. The highest BCUT2D eigenvalue weighted by atomic mass is 32.2. The Kier molecular flexibility index (Phi) is 5.73. The molecule has 7 nitrogen and oxygen atoms in total. The van der Waals surface area contributed by atoms with Crippen LogP contribution in [0, 0.1) is 13.8 Å². The summed E-state index contributed by atoms with van der Waals surface area (Å²) in [6.45, 7) is 3.87. The van der Waals surface area contributed by atoms with Gasteiger partial charge in [0.15, 0.2) is 5.16 Å². The van der Waals surface area contributed by atoms with Gasteiger partial charge in [0, 0.05) is 17.1 Å². The van der Waals surface area contributed by atoms with Crippen LogP contribution in [0.4, 0.5) is 5.69 Å². The number of anilines is 1. The van der Waals surface area contributed by atoms with E-state index in [-0.39, 0.29) is 22.9 Å². The van der Waals surface area contributed by atoms with E-state index < -0.39 is 11.8 Å². The summed E-state index contributed by atoms with van der Waals surface area (Å²) < 4.78 is 0. The first-order valence-electron chi connectivity index (χ1n) is 9.61. The zero-order valence-corrected chi connectivity index (χ0v) is 17.8. The first kappa shape index (κ1) is 20.6. The molecular weight excluding hydrogens is 412 g/mol. The highest BCUT2D eigenvalue weighted by Gasteiger charge is 2.39. The van der Waals surface area contributed by atoms with Crippen molar-refractivity contribution in [3.8, 4) is 5.75 Å². The first-order chi connectivity index (χ1) is 14.9. The van der Waals surface area contributed by atoms with Gasteiger partial charge < -0.3 is 10.4 Å². The van der Waals surface area contributed by atoms with E-state index in [0.29, 0.717) is 10.8 Å². The van der Waals surface area contributed by atoms with Crippen LogP contribution in [0.3, 0.4) is 0 Å². The van der Waals surface area contributed by atoms with Crippen molar-refractivity contribution in [3.63, 3.8) is 0 Å². The van der Waals surface area contributed by atoms with Gasteiger partial charge >= 0.3 is 0 Å². The van der Waals surface area contributed by atoms with Gasteiger partial charge in [-0.15, -0.1) is 0 Å². The average Bonchev–Trinajstić information content (AvgIpc) is 2.94. The maximum atomic E-state index is 13.2. The number of amides is 2. The molecule has 2 amide bonds. The third-order valence-electron chi connectivity index (χ3n) is 4.60. The molecule has 2 heterocycles. The summed E-state index contributed by atoms with van der Waals surface area (Å²) >= 11 is 1.07. The lowest BCUT2D eigenvalue weighted by atomic mass is 10.2. The van der Waals surface area contributed by atoms with E-state index in [1.807, 2.05) is 50.2 Å². The van der Waals surface area contributed by atoms with Crippen molar-refractivity contribution in [3.05, 3.63) is 88.2 Å². The molecule has 0 atom stereocenters. The van der Waals surface area contributed by atoms with E-state index in [9.17, 15) is 14.7 Å². The number of rotatable bonds is 6. The molecule has 0 fully saturated rings. The standard InChI is InChI=1S/C23H20N4O3S/c1-14-12-15(2)25-23(24-14)31-20-19(26-17-8-10-18(28)11-9-17)21(29)27(22(20)30)13-16-6-4-3-5-7-16/h3-12,26,28H,13H2,1-2H3. The third-order valence-corrected chi connectivity index (χ3v) is 5.55. The van der Waals surface area contributed by atoms with Crippen molar-refractivity contribution >= 4 is 29.3 Å². The van der Waals surface area contributed by atoms with Gasteiger partial charge in [0.1, 0.15) is 16.4 Å². The molecule has 1 aliphatic rings. The molecule has 8 heteroatoms. The van der Waals surface area contributed by atoms with Crippen molar-refractivity contribution in [2.24, 2.45) is 0 Å². The second-order valence-electron chi connectivity index (χ2n) is 7.09. The number of carbonyl (C=O) groups is 2. The Balaban J connectivity index is 1.69. The summed E-state index contributed by atoms with van der Waals surface area (Å²) in [6.07, 6.45) is 0. The molecule has 4 rings (SSSR count). The number of nitrogens with zero attached hydrogens (tertiary/aromatic N) is 3. The molecule has 0 unspecified atom stereocenters. The number of hydrogen-bond donors (Lipinski definition) is 2. The molecule has 1 aromatic heterocycles. The summed E-state index contributed by atoms with van der Waals surface area (Å²) in [5, 5.41) is 13.0. The summed E-state index contributed by atoms with van der Waals surface area (Å²) in [7, 11) is 0. The van der Waals surface area contributed by atoms with Gasteiger partial charge in [0.25, 0.3) is 11.8 Å². The quantitative estimate of drug-likeness (QED) is 0.348. The van der Waals surface area contributed by atoms with Crippen LogP contribution >= 0.6 is 11.8 Å². The van der Waals surface area contributed by atoms with E-state index in [0.717, 1.165) is 28.7 Å². The van der Waals surface area contributed by atoms with Gasteiger partial charge in [-0.1, -0.05) is 30.3 Å². The monoisotopic (exact) mass is 432 g/mol. The van der Waals surface area contributed by atoms with Crippen LogP contribution in [0.1, 0.15) is 17.0 Å². The minimum absolute atomic E-state index is 0.109. The van der Waals surface area contributed by atoms with E-state index in [1.165, 1.54) is 17.0 Å². The average molecular weight is 433 g/mol. The number of nitrogens with one attached hydrogen (secondary N) is 1. The predicted octanol–water partition coefficient (Wildman–Crippen LogP) is 3.78. The summed E-state index contributed by atoms with van der Waals surface area (Å²) in [6, 6.07) is 17.5. The Bertz CT molecular complexity index is 1160. The molecule has 31 heavy (non-hydrogen) atoms. The predicted molar refractivity (Wildman–Crippen MR) is 118 cm³/mol. The lowest BCUT2D eigenvalue weighted by Crippen LogP contribution is -2.31. The highest BCUT2D eigenvalue weighted by molar-refractivity contribution is 8.04. The van der Waals surface area contributed by atoms with Crippen LogP contribution in [0.2, 0.25) is 0 Å². The van der Waals surface area contributed by atoms with Gasteiger partial charge in [-0.2, -0.15) is 0 Å². The highest BCUT2D eigenvalue weighted by Crippen LogP contribution is 2.35. The Morgan fingerprint density at radius 1 is 0.935 bits per heavy atom. The van der Waals surface area contributed by atoms with Gasteiger partial charge in [-0.25, -0.2) is 9.97 Å². The molecule has 1 aliphatic heterocycles. The topological polar surface area (TPSA) is 95.4 Å². The lowest BCUT2D eigenvalue weighted by Gasteiger charge is -2.15. The molecule has 0 saturated heterocycles. The molecule has 0 aliphatic carbocycles. The molecule has 0 radical (unpaired) electrons. The van der Waals surface area contributed by atoms with E-state index in [4.69, 9.17) is 0 Å². The third kappa shape index (κ3) is 4.59. The second kappa shape index (κ2) is 8.61. The SMILES string of the molecule is Cc1cc(C)nc(SC2=C(Nc3ccc(O)cc3)C(=O)N(Cc3ccccc3)C2=O)n1. The van der Waals surface area contributed by atoms with Crippen LogP contribution in [-0.4, -0.2) is 31.8 Å². The Labute approximate surface area is 183 Å². The normalized spacial score (nSPS) is 13.8. The number of aromatic nitrogens is 2. The van der Waals surface area contributed by atoms with Crippen molar-refractivity contribution in [2.45, 2.75) is 25.5 Å². The van der Waals surface area contributed by atoms with Crippen LogP contribution in [0.15, 0.2) is 76.4 Å². The number of thioether (sulfide) groups is 1. The van der Waals surface area contributed by atoms with Gasteiger partial charge in [0.05, 0.1) is 6.54 Å². The molecule has 0 bridgehead atoms. The van der Waals surface area contributed by atoms with Crippen LogP contribution in [0.5, 0.6) is 5.75 Å². The van der Waals surface area contributed by atoms with Crippen LogP contribution in [-0.2, 0) is 16.1 Å². The summed E-state index contributed by atoms with van der Waals surface area (Å²) in [5.41, 5.74) is 3.15. The zero-order chi connectivity index (χ0) is 22.0. The number of aryl methyl sites for hydroxylation is 2. The molecule has 2 aromatic carbocycles. The molecular formula is C23H20N4O3S. The largest absolute Gasteiger partial charge is 0.508 e. The van der Waals surface area contributed by atoms with Crippen molar-refractivity contribution in [1.82, 2.24) is 14.9 Å². The summed E-state index contributed by atoms with van der Waals surface area (Å²) in [4.78, 5) is 36.7. The smallest absolute Gasteiger partial charge is 0.278 e. The fourth-order valence-electron chi connectivity index (χ4n) is 3.19. The molecule has 0 saturated carbocycles. The number of hydrogen-bond acceptors (Lipinski definition) is 7. The van der Waals surface area contributed by atoms with Crippen molar-refractivity contribution in [1.29, 1.82) is 0 Å². The Morgan fingerprint density at radius 3 is 2.23 bits per heavy atom. The molecule has 156 valence electrons. The first-order valence-corrected chi connectivity index (χ1v) is 10.4. The van der Waals surface area contributed by atoms with Crippen molar-refractivity contribution < 1.29 is 14.7 Å². The number of phenolic OH excluding ortho intramolecular Hbond substituents is 1. The Morgan fingerprint density at radius 2 is 1.58 bits per heavy atom. The maximum absolute atomic E-state index is 13.2. The van der Waals surface area contributed by atoms with Crippen molar-refractivity contribution in [2.75, 3.05) is 5.32 Å². The Hall–Kier alpha value is -3.65. The fourth-order valence-corrected chi connectivity index (χ4v) is 4.19. The number of carbonyl (C=O) groups excluding carboxylic acids is 2. The molecule has 2 N–H and O–H groups in total. The zero-order valence-electron chi connectivity index (χ0n) is 17.0. The van der Waals surface area contributed by atoms with Gasteiger partial charge in [-0.05, 0) is 61.5 Å². The fraction of sp³-hybridized carbons (Fsp3) is 0.130. The number of benzene rings is 2. The lowest BCUT2D eigenvalue weighted by molar-refractivity contribution is -0.137. The van der Waals surface area contributed by atoms with Gasteiger partial charge in [-0.3, -0.25) is 14.5 Å². The van der Waals surface area contributed by atoms with Crippen LogP contribution in [0.25, 0.3) is 0 Å².